The lowest BCUT2D eigenvalue weighted by Gasteiger charge is -2.29. The second-order valence-electron chi connectivity index (χ2n) is 6.92. The van der Waals surface area contributed by atoms with Gasteiger partial charge in [-0.05, 0) is 35.8 Å². The minimum absolute atomic E-state index is 0.0314. The lowest BCUT2D eigenvalue weighted by atomic mass is 9.77. The SMILES string of the molecule is CCCCCC(C)(C)c1cc(CCC(=O)O)cc(CC)c1OC. The molecule has 1 aromatic carbocycles. The maximum absolute atomic E-state index is 10.9. The average Bonchev–Trinajstić information content (AvgIpc) is 2.51. The highest BCUT2D eigenvalue weighted by Gasteiger charge is 2.26. The molecule has 0 amide bonds. The quantitative estimate of drug-likeness (QED) is 0.608. The van der Waals surface area contributed by atoms with Gasteiger partial charge in [0, 0.05) is 12.0 Å². The molecule has 3 nitrogen and oxygen atoms in total. The molecule has 0 spiro atoms. The van der Waals surface area contributed by atoms with Crippen LogP contribution in [0.15, 0.2) is 12.1 Å². The number of hydrogen-bond acceptors (Lipinski definition) is 2. The summed E-state index contributed by atoms with van der Waals surface area (Å²) in [7, 11) is 1.73. The Morgan fingerprint density at radius 3 is 2.43 bits per heavy atom. The summed E-state index contributed by atoms with van der Waals surface area (Å²) in [6.07, 6.45) is 6.41. The molecular formula is C20H32O3. The molecule has 1 aromatic rings. The Labute approximate surface area is 141 Å². The van der Waals surface area contributed by atoms with Crippen molar-refractivity contribution >= 4 is 5.97 Å². The van der Waals surface area contributed by atoms with Crippen LogP contribution in [0, 0.1) is 0 Å². The average molecular weight is 320 g/mol. The molecule has 1 rings (SSSR count). The molecule has 0 radical (unpaired) electrons. The third kappa shape index (κ3) is 5.56. The van der Waals surface area contributed by atoms with E-state index < -0.39 is 5.97 Å². The van der Waals surface area contributed by atoms with Gasteiger partial charge < -0.3 is 9.84 Å². The van der Waals surface area contributed by atoms with Crippen molar-refractivity contribution in [2.75, 3.05) is 7.11 Å². The van der Waals surface area contributed by atoms with Crippen LogP contribution in [0.4, 0.5) is 0 Å². The van der Waals surface area contributed by atoms with Crippen LogP contribution in [0.3, 0.4) is 0 Å². The van der Waals surface area contributed by atoms with E-state index in [9.17, 15) is 4.79 Å². The normalized spacial score (nSPS) is 11.5. The Hall–Kier alpha value is -1.51. The standard InChI is InChI=1S/C20H32O3/c1-6-8-9-12-20(3,4)17-14-15(10-11-18(21)22)13-16(7-2)19(17)23-5/h13-14H,6-12H2,1-5H3,(H,21,22). The number of methoxy groups -OCH3 is 1. The van der Waals surface area contributed by atoms with Crippen molar-refractivity contribution < 1.29 is 14.6 Å². The fourth-order valence-electron chi connectivity index (χ4n) is 3.11. The summed E-state index contributed by atoms with van der Waals surface area (Å²) in [5.74, 6) is 0.232. The lowest BCUT2D eigenvalue weighted by Crippen LogP contribution is -2.19. The number of ether oxygens (including phenoxy) is 1. The maximum atomic E-state index is 10.9. The molecule has 23 heavy (non-hydrogen) atoms. The minimum Gasteiger partial charge on any atom is -0.496 e. The Balaban J connectivity index is 3.19. The molecule has 0 atom stereocenters. The van der Waals surface area contributed by atoms with Gasteiger partial charge >= 0.3 is 5.97 Å². The van der Waals surface area contributed by atoms with Gasteiger partial charge in [-0.1, -0.05) is 59.1 Å². The summed E-state index contributed by atoms with van der Waals surface area (Å²) in [6.45, 7) is 8.86. The van der Waals surface area contributed by atoms with Crippen LogP contribution in [-0.2, 0) is 23.1 Å². The number of benzene rings is 1. The van der Waals surface area contributed by atoms with Crippen molar-refractivity contribution in [3.63, 3.8) is 0 Å². The summed E-state index contributed by atoms with van der Waals surface area (Å²) in [5, 5.41) is 8.95. The molecule has 0 bridgehead atoms. The first kappa shape index (κ1) is 19.5. The van der Waals surface area contributed by atoms with E-state index in [2.05, 4.69) is 39.8 Å². The first-order valence-electron chi connectivity index (χ1n) is 8.77. The van der Waals surface area contributed by atoms with Gasteiger partial charge in [0.2, 0.25) is 0 Å². The van der Waals surface area contributed by atoms with Gasteiger partial charge in [-0.15, -0.1) is 0 Å². The first-order chi connectivity index (χ1) is 10.9. The number of carbonyl (C=O) groups is 1. The summed E-state index contributed by atoms with van der Waals surface area (Å²) in [6, 6.07) is 4.26. The molecular weight excluding hydrogens is 288 g/mol. The predicted molar refractivity (Wildman–Crippen MR) is 95.5 cm³/mol. The summed E-state index contributed by atoms with van der Waals surface area (Å²) in [5.41, 5.74) is 3.53. The van der Waals surface area contributed by atoms with Crippen molar-refractivity contribution in [2.45, 2.75) is 78.1 Å². The predicted octanol–water partition coefficient (Wildman–Crippen LogP) is 5.13. The zero-order valence-electron chi connectivity index (χ0n) is 15.4. The van der Waals surface area contributed by atoms with Crippen LogP contribution < -0.4 is 4.74 Å². The van der Waals surface area contributed by atoms with Crippen molar-refractivity contribution in [1.82, 2.24) is 0 Å². The number of carboxylic acids is 1. The molecule has 1 N–H and O–H groups in total. The second kappa shape index (κ2) is 8.95. The van der Waals surface area contributed by atoms with Crippen LogP contribution in [0.1, 0.15) is 76.5 Å². The van der Waals surface area contributed by atoms with Gasteiger partial charge in [-0.2, -0.15) is 0 Å². The van der Waals surface area contributed by atoms with E-state index in [0.29, 0.717) is 6.42 Å². The highest BCUT2D eigenvalue weighted by atomic mass is 16.5. The maximum Gasteiger partial charge on any atom is 0.303 e. The molecule has 0 saturated carbocycles. The molecule has 130 valence electrons. The third-order valence-electron chi connectivity index (χ3n) is 4.57. The second-order valence-corrected chi connectivity index (χ2v) is 6.92. The van der Waals surface area contributed by atoms with E-state index in [4.69, 9.17) is 9.84 Å². The van der Waals surface area contributed by atoms with E-state index in [1.165, 1.54) is 30.4 Å². The van der Waals surface area contributed by atoms with Crippen LogP contribution in [0.2, 0.25) is 0 Å². The Kier molecular flexibility index (Phi) is 7.60. The smallest absolute Gasteiger partial charge is 0.303 e. The highest BCUT2D eigenvalue weighted by Crippen LogP contribution is 2.39. The number of carboxylic acid groups (broad SMARTS) is 1. The van der Waals surface area contributed by atoms with Gasteiger partial charge in [0.25, 0.3) is 0 Å². The number of aryl methyl sites for hydroxylation is 2. The largest absolute Gasteiger partial charge is 0.496 e. The zero-order chi connectivity index (χ0) is 17.5. The topological polar surface area (TPSA) is 46.5 Å². The van der Waals surface area contributed by atoms with E-state index >= 15 is 0 Å². The molecule has 0 aromatic heterocycles. The number of rotatable bonds is 10. The molecule has 3 heteroatoms. The number of unbranched alkanes of at least 4 members (excludes halogenated alkanes) is 2. The Bertz CT molecular complexity index is 518. The fraction of sp³-hybridized carbons (Fsp3) is 0.650. The molecule has 0 aliphatic heterocycles. The number of hydrogen-bond donors (Lipinski definition) is 1. The summed E-state index contributed by atoms with van der Waals surface area (Å²) < 4.78 is 5.72. The van der Waals surface area contributed by atoms with E-state index in [1.807, 2.05) is 0 Å². The zero-order valence-corrected chi connectivity index (χ0v) is 15.4. The monoisotopic (exact) mass is 320 g/mol. The molecule has 0 aliphatic carbocycles. The van der Waals surface area contributed by atoms with Gasteiger partial charge in [-0.3, -0.25) is 4.79 Å². The van der Waals surface area contributed by atoms with Crippen molar-refractivity contribution in [3.05, 3.63) is 28.8 Å². The Morgan fingerprint density at radius 1 is 1.22 bits per heavy atom. The number of aliphatic carboxylic acids is 1. The van der Waals surface area contributed by atoms with E-state index in [-0.39, 0.29) is 11.8 Å². The third-order valence-corrected chi connectivity index (χ3v) is 4.57. The van der Waals surface area contributed by atoms with E-state index in [1.54, 1.807) is 7.11 Å². The summed E-state index contributed by atoms with van der Waals surface area (Å²) in [4.78, 5) is 10.9. The van der Waals surface area contributed by atoms with Gasteiger partial charge in [0.15, 0.2) is 0 Å². The molecule has 0 fully saturated rings. The van der Waals surface area contributed by atoms with E-state index in [0.717, 1.165) is 24.2 Å². The molecule has 0 saturated heterocycles. The molecule has 0 heterocycles. The van der Waals surface area contributed by atoms with Crippen molar-refractivity contribution in [1.29, 1.82) is 0 Å². The molecule has 0 aliphatic rings. The van der Waals surface area contributed by atoms with Gasteiger partial charge in [-0.25, -0.2) is 0 Å². The first-order valence-corrected chi connectivity index (χ1v) is 8.77. The minimum atomic E-state index is -0.748. The Morgan fingerprint density at radius 2 is 1.91 bits per heavy atom. The fourth-order valence-corrected chi connectivity index (χ4v) is 3.11. The van der Waals surface area contributed by atoms with Crippen LogP contribution in [-0.4, -0.2) is 18.2 Å². The van der Waals surface area contributed by atoms with Gasteiger partial charge in [0.1, 0.15) is 5.75 Å². The molecule has 0 unspecified atom stereocenters. The summed E-state index contributed by atoms with van der Waals surface area (Å²) >= 11 is 0. The van der Waals surface area contributed by atoms with Crippen LogP contribution in [0.25, 0.3) is 0 Å². The van der Waals surface area contributed by atoms with Crippen LogP contribution >= 0.6 is 0 Å². The van der Waals surface area contributed by atoms with Crippen molar-refractivity contribution in [2.24, 2.45) is 0 Å². The van der Waals surface area contributed by atoms with Crippen molar-refractivity contribution in [3.8, 4) is 5.75 Å². The van der Waals surface area contributed by atoms with Crippen LogP contribution in [0.5, 0.6) is 5.75 Å². The van der Waals surface area contributed by atoms with Gasteiger partial charge in [0.05, 0.1) is 7.11 Å². The lowest BCUT2D eigenvalue weighted by molar-refractivity contribution is -0.136. The highest BCUT2D eigenvalue weighted by molar-refractivity contribution is 5.67.